The van der Waals surface area contributed by atoms with Crippen LogP contribution in [0.1, 0.15) is 214 Å². The van der Waals surface area contributed by atoms with E-state index in [0.29, 0.717) is 22.3 Å². The number of hydrogen-bond acceptors (Lipinski definition) is 4. The van der Waals surface area contributed by atoms with Crippen LogP contribution in [-0.2, 0) is 0 Å². The lowest BCUT2D eigenvalue weighted by Gasteiger charge is -2.32. The van der Waals surface area contributed by atoms with Crippen LogP contribution in [0.4, 0.5) is 11.4 Å². The van der Waals surface area contributed by atoms with Crippen molar-refractivity contribution in [2.24, 2.45) is 0 Å². The van der Waals surface area contributed by atoms with Crippen LogP contribution in [0, 0.1) is 0 Å². The minimum atomic E-state index is 0.0297. The molecule has 0 amide bonds. The molecule has 2 aromatic carbocycles. The number of anilines is 2. The Kier molecular flexibility index (Phi) is 21.2. The molecule has 0 radical (unpaired) electrons. The van der Waals surface area contributed by atoms with Crippen molar-refractivity contribution >= 4 is 22.9 Å². The molecule has 1 aliphatic carbocycles. The van der Waals surface area contributed by atoms with Crippen LogP contribution in [0.15, 0.2) is 36.4 Å². The summed E-state index contributed by atoms with van der Waals surface area (Å²) in [6.07, 6.45) is 29.9. The first kappa shape index (κ1) is 41.8. The predicted octanol–water partition coefficient (Wildman–Crippen LogP) is 13.5. The fourth-order valence-corrected chi connectivity index (χ4v) is 7.77. The zero-order valence-electron chi connectivity index (χ0n) is 33.0. The molecule has 0 unspecified atom stereocenters. The summed E-state index contributed by atoms with van der Waals surface area (Å²) in [7, 11) is 0. The summed E-state index contributed by atoms with van der Waals surface area (Å²) in [6.45, 7) is 12.8. The Morgan fingerprint density at radius 2 is 0.620 bits per heavy atom. The molecule has 0 aliphatic heterocycles. The first-order chi connectivity index (χ1) is 24.6. The number of unbranched alkanes of at least 4 members (excludes halogenated alkanes) is 20. The van der Waals surface area contributed by atoms with E-state index < -0.39 is 0 Å². The van der Waals surface area contributed by atoms with Gasteiger partial charge in [0, 0.05) is 48.7 Å². The van der Waals surface area contributed by atoms with E-state index in [1.807, 2.05) is 24.3 Å². The van der Waals surface area contributed by atoms with E-state index in [0.717, 1.165) is 63.2 Å². The lowest BCUT2D eigenvalue weighted by atomic mass is 9.81. The quantitative estimate of drug-likeness (QED) is 0.0655. The molecule has 0 saturated carbocycles. The largest absolute Gasteiger partial charge is 0.371 e. The van der Waals surface area contributed by atoms with Gasteiger partial charge in [-0.25, -0.2) is 0 Å². The zero-order valence-corrected chi connectivity index (χ0v) is 33.0. The van der Waals surface area contributed by atoms with E-state index in [-0.39, 0.29) is 11.6 Å². The molecule has 0 spiro atoms. The highest BCUT2D eigenvalue weighted by atomic mass is 16.1. The molecule has 4 nitrogen and oxygen atoms in total. The molecule has 0 heterocycles. The summed E-state index contributed by atoms with van der Waals surface area (Å²) >= 11 is 0. The van der Waals surface area contributed by atoms with Crippen molar-refractivity contribution in [2.45, 2.75) is 182 Å². The summed E-state index contributed by atoms with van der Waals surface area (Å²) in [6, 6.07) is 12.1. The van der Waals surface area contributed by atoms with Gasteiger partial charge in [-0.1, -0.05) is 180 Å². The third-order valence-corrected chi connectivity index (χ3v) is 10.8. The maximum Gasteiger partial charge on any atom is 0.196 e. The van der Waals surface area contributed by atoms with Gasteiger partial charge in [0.2, 0.25) is 0 Å². The lowest BCUT2D eigenvalue weighted by molar-refractivity contribution is 0.0979. The number of rotatable bonds is 30. The van der Waals surface area contributed by atoms with Crippen molar-refractivity contribution in [3.05, 3.63) is 58.7 Å². The van der Waals surface area contributed by atoms with Crippen LogP contribution in [0.5, 0.6) is 0 Å². The summed E-state index contributed by atoms with van der Waals surface area (Å²) in [5.41, 5.74) is 4.41. The maximum absolute atomic E-state index is 14.6. The average Bonchev–Trinajstić information content (AvgIpc) is 3.13. The summed E-state index contributed by atoms with van der Waals surface area (Å²) in [5, 5.41) is 0. The topological polar surface area (TPSA) is 40.6 Å². The molecule has 4 heteroatoms. The van der Waals surface area contributed by atoms with Crippen molar-refractivity contribution < 1.29 is 9.59 Å². The van der Waals surface area contributed by atoms with Gasteiger partial charge in [-0.15, -0.1) is 0 Å². The Labute approximate surface area is 308 Å². The van der Waals surface area contributed by atoms with Gasteiger partial charge >= 0.3 is 0 Å². The van der Waals surface area contributed by atoms with Crippen LogP contribution in [0.3, 0.4) is 0 Å². The fraction of sp³-hybridized carbons (Fsp3) is 0.696. The van der Waals surface area contributed by atoms with Crippen molar-refractivity contribution in [2.75, 3.05) is 36.0 Å². The molecule has 2 aromatic rings. The second-order valence-electron chi connectivity index (χ2n) is 15.1. The normalized spacial score (nSPS) is 12.3. The molecule has 3 rings (SSSR count). The Morgan fingerprint density at radius 1 is 0.360 bits per heavy atom. The van der Waals surface area contributed by atoms with Crippen LogP contribution in [0.25, 0.3) is 0 Å². The van der Waals surface area contributed by atoms with Gasteiger partial charge in [0.05, 0.1) is 11.1 Å². The molecular weight excluding hydrogens is 613 g/mol. The van der Waals surface area contributed by atoms with Gasteiger partial charge in [0.15, 0.2) is 11.6 Å². The summed E-state index contributed by atoms with van der Waals surface area (Å²) in [5.74, 6) is 0.0593. The van der Waals surface area contributed by atoms with E-state index in [9.17, 15) is 9.59 Å². The molecule has 0 aromatic heterocycles. The Balaban J connectivity index is 1.86. The number of benzene rings is 2. The third kappa shape index (κ3) is 13.5. The molecule has 0 atom stereocenters. The van der Waals surface area contributed by atoms with E-state index in [1.54, 1.807) is 0 Å². The van der Waals surface area contributed by atoms with E-state index in [2.05, 4.69) is 49.6 Å². The van der Waals surface area contributed by atoms with Crippen molar-refractivity contribution in [1.29, 1.82) is 0 Å². The monoisotopic (exact) mass is 687 g/mol. The Bertz CT molecular complexity index is 1110. The van der Waals surface area contributed by atoms with E-state index >= 15 is 0 Å². The van der Waals surface area contributed by atoms with E-state index in [4.69, 9.17) is 0 Å². The molecule has 0 saturated heterocycles. The van der Waals surface area contributed by atoms with Gasteiger partial charge in [-0.05, 0) is 37.8 Å². The molecule has 0 fully saturated rings. The minimum Gasteiger partial charge on any atom is -0.371 e. The highest BCUT2D eigenvalue weighted by molar-refractivity contribution is 6.31. The van der Waals surface area contributed by atoms with E-state index in [1.165, 1.54) is 128 Å². The molecule has 280 valence electrons. The highest BCUT2D eigenvalue weighted by Crippen LogP contribution is 2.38. The predicted molar refractivity (Wildman–Crippen MR) is 218 cm³/mol. The molecular formula is C46H74N2O2. The van der Waals surface area contributed by atoms with Crippen LogP contribution in [-0.4, -0.2) is 37.7 Å². The number of carbonyl (C=O) groups excluding carboxylic acids is 2. The first-order valence-electron chi connectivity index (χ1n) is 21.4. The van der Waals surface area contributed by atoms with Crippen LogP contribution < -0.4 is 9.80 Å². The standard InChI is InChI=1S/C46H74N2O2/c1-5-9-13-17-21-25-35-47(36-26-22-18-14-10-6-2)41-33-29-31-39-43(41)45(49)40-32-30-34-42(44(40)46(39)50)48(37-27-23-19-15-11-7-3)38-28-24-20-16-12-8-4/h29-34H,5-28,35-38H2,1-4H3. The van der Waals surface area contributed by atoms with Gasteiger partial charge in [0.25, 0.3) is 0 Å². The first-order valence-corrected chi connectivity index (χ1v) is 21.4. The Morgan fingerprint density at radius 3 is 0.900 bits per heavy atom. The average molecular weight is 687 g/mol. The molecule has 1 aliphatic rings. The second kappa shape index (κ2) is 25.4. The van der Waals surface area contributed by atoms with Crippen LogP contribution >= 0.6 is 0 Å². The van der Waals surface area contributed by atoms with Gasteiger partial charge in [-0.3, -0.25) is 9.59 Å². The lowest BCUT2D eigenvalue weighted by Crippen LogP contribution is -2.33. The van der Waals surface area contributed by atoms with Crippen molar-refractivity contribution in [3.8, 4) is 0 Å². The number of fused-ring (bicyclic) bond motifs is 2. The fourth-order valence-electron chi connectivity index (χ4n) is 7.77. The maximum atomic E-state index is 14.6. The number of ketones is 2. The SMILES string of the molecule is CCCCCCCCN(CCCCCCCC)c1cccc2c1C(=O)c1cccc(N(CCCCCCCC)CCCCCCCC)c1C2=O. The van der Waals surface area contributed by atoms with Gasteiger partial charge in [-0.2, -0.15) is 0 Å². The van der Waals surface area contributed by atoms with Gasteiger partial charge < -0.3 is 9.80 Å². The zero-order chi connectivity index (χ0) is 35.8. The van der Waals surface area contributed by atoms with Crippen molar-refractivity contribution in [1.82, 2.24) is 0 Å². The molecule has 0 bridgehead atoms. The number of nitrogens with zero attached hydrogens (tertiary/aromatic N) is 2. The van der Waals surface area contributed by atoms with Gasteiger partial charge in [0.1, 0.15) is 0 Å². The smallest absolute Gasteiger partial charge is 0.196 e. The number of carbonyl (C=O) groups is 2. The summed E-state index contributed by atoms with van der Waals surface area (Å²) in [4.78, 5) is 34.0. The second-order valence-corrected chi connectivity index (χ2v) is 15.1. The van der Waals surface area contributed by atoms with Crippen LogP contribution in [0.2, 0.25) is 0 Å². The minimum absolute atomic E-state index is 0.0297. The summed E-state index contributed by atoms with van der Waals surface area (Å²) < 4.78 is 0. The molecule has 50 heavy (non-hydrogen) atoms. The third-order valence-electron chi connectivity index (χ3n) is 10.8. The van der Waals surface area contributed by atoms with Crippen molar-refractivity contribution in [3.63, 3.8) is 0 Å². The highest BCUT2D eigenvalue weighted by Gasteiger charge is 2.35. The molecule has 0 N–H and O–H groups in total. The number of hydrogen-bond donors (Lipinski definition) is 0. The Hall–Kier alpha value is -2.62.